The van der Waals surface area contributed by atoms with Gasteiger partial charge >= 0.3 is 0 Å². The van der Waals surface area contributed by atoms with E-state index in [1.54, 1.807) is 30.4 Å². The highest BCUT2D eigenvalue weighted by Crippen LogP contribution is 2.36. The Morgan fingerprint density at radius 3 is 2.86 bits per heavy atom. The number of benzene rings is 1. The van der Waals surface area contributed by atoms with E-state index in [4.69, 9.17) is 4.98 Å². The van der Waals surface area contributed by atoms with E-state index in [-0.39, 0.29) is 5.91 Å². The molecule has 1 amide bonds. The maximum absolute atomic E-state index is 12.5. The second-order valence-corrected chi connectivity index (χ2v) is 10.0. The van der Waals surface area contributed by atoms with E-state index in [0.29, 0.717) is 36.1 Å². The lowest BCUT2D eigenvalue weighted by molar-refractivity contribution is -0.143. The number of hydrogen-bond acceptors (Lipinski definition) is 8. The summed E-state index contributed by atoms with van der Waals surface area (Å²) in [6.07, 6.45) is 6.39. The summed E-state index contributed by atoms with van der Waals surface area (Å²) >= 11 is 1.49. The van der Waals surface area contributed by atoms with Gasteiger partial charge in [0.2, 0.25) is 5.95 Å². The van der Waals surface area contributed by atoms with Crippen LogP contribution >= 0.6 is 11.3 Å². The van der Waals surface area contributed by atoms with E-state index >= 15 is 0 Å². The largest absolute Gasteiger partial charge is 0.375 e. The molecule has 3 aromatic heterocycles. The molecule has 6 rings (SSSR count). The summed E-state index contributed by atoms with van der Waals surface area (Å²) in [6.45, 7) is 1.44. The molecule has 1 aliphatic heterocycles. The Morgan fingerprint density at radius 2 is 2.06 bits per heavy atom. The van der Waals surface area contributed by atoms with Crippen LogP contribution < -0.4 is 5.32 Å². The number of aliphatic hydroxyl groups is 1. The molecule has 0 bridgehead atoms. The number of likely N-dealkylation sites (tertiary alicyclic amines) is 1. The predicted molar refractivity (Wildman–Crippen MR) is 133 cm³/mol. The lowest BCUT2D eigenvalue weighted by atomic mass is 9.91. The number of rotatable bonds is 7. The summed E-state index contributed by atoms with van der Waals surface area (Å²) in [6, 6.07) is 11.2. The van der Waals surface area contributed by atoms with Gasteiger partial charge in [0.25, 0.3) is 5.91 Å². The van der Waals surface area contributed by atoms with Crippen molar-refractivity contribution < 1.29 is 9.90 Å². The van der Waals surface area contributed by atoms with Crippen LogP contribution in [-0.4, -0.2) is 54.2 Å². The van der Waals surface area contributed by atoms with E-state index in [2.05, 4.69) is 20.4 Å². The van der Waals surface area contributed by atoms with Gasteiger partial charge in [0.1, 0.15) is 16.5 Å². The van der Waals surface area contributed by atoms with Crippen LogP contribution in [0.3, 0.4) is 0 Å². The first-order chi connectivity index (χ1) is 17.0. The van der Waals surface area contributed by atoms with Gasteiger partial charge in [-0.2, -0.15) is 5.10 Å². The van der Waals surface area contributed by atoms with Gasteiger partial charge < -0.3 is 15.3 Å². The monoisotopic (exact) mass is 487 g/mol. The molecule has 4 heterocycles. The molecule has 178 valence electrons. The van der Waals surface area contributed by atoms with Crippen LogP contribution in [0, 0.1) is 5.92 Å². The Morgan fingerprint density at radius 1 is 1.17 bits per heavy atom. The summed E-state index contributed by atoms with van der Waals surface area (Å²) < 4.78 is 1.96. The quantitative estimate of drug-likeness (QED) is 0.409. The Balaban J connectivity index is 1.24. The third kappa shape index (κ3) is 4.19. The van der Waals surface area contributed by atoms with Crippen molar-refractivity contribution in [2.75, 3.05) is 18.9 Å². The first kappa shape index (κ1) is 21.9. The van der Waals surface area contributed by atoms with Crippen molar-refractivity contribution in [1.82, 2.24) is 29.6 Å². The lowest BCUT2D eigenvalue weighted by Gasteiger charge is -2.21. The van der Waals surface area contributed by atoms with Crippen molar-refractivity contribution in [1.29, 1.82) is 0 Å². The predicted octanol–water partition coefficient (Wildman–Crippen LogP) is 3.67. The maximum atomic E-state index is 12.5. The van der Waals surface area contributed by atoms with Crippen LogP contribution in [0.25, 0.3) is 22.0 Å². The molecule has 1 atom stereocenters. The normalized spacial score (nSPS) is 19.9. The van der Waals surface area contributed by atoms with Gasteiger partial charge in [-0.05, 0) is 36.5 Å². The molecule has 1 aromatic carbocycles. The number of nitrogens with zero attached hydrogens (tertiary/aromatic N) is 6. The van der Waals surface area contributed by atoms with Gasteiger partial charge in [-0.15, -0.1) is 11.3 Å². The number of carbonyl (C=O) groups is 1. The van der Waals surface area contributed by atoms with E-state index in [0.717, 1.165) is 28.6 Å². The molecule has 1 aliphatic carbocycles. The van der Waals surface area contributed by atoms with Crippen LogP contribution in [0.15, 0.2) is 54.2 Å². The first-order valence-electron chi connectivity index (χ1n) is 11.7. The first-order valence-corrected chi connectivity index (χ1v) is 12.5. The fraction of sp³-hybridized carbons (Fsp3) is 0.320. The Kier molecular flexibility index (Phi) is 5.34. The Bertz CT molecular complexity index is 1400. The summed E-state index contributed by atoms with van der Waals surface area (Å²) in [7, 11) is 1.71. The summed E-state index contributed by atoms with van der Waals surface area (Å²) in [5, 5.41) is 21.5. The minimum absolute atomic E-state index is 0.269. The average molecular weight is 488 g/mol. The van der Waals surface area contributed by atoms with Gasteiger partial charge in [0, 0.05) is 49.8 Å². The zero-order valence-corrected chi connectivity index (χ0v) is 20.1. The second kappa shape index (κ2) is 8.54. The molecule has 1 saturated carbocycles. The second-order valence-electron chi connectivity index (χ2n) is 9.19. The fourth-order valence-corrected chi connectivity index (χ4v) is 5.17. The van der Waals surface area contributed by atoms with Gasteiger partial charge in [-0.3, -0.25) is 4.79 Å². The van der Waals surface area contributed by atoms with E-state index in [1.807, 2.05) is 40.4 Å². The van der Waals surface area contributed by atoms with Gasteiger partial charge in [-0.1, -0.05) is 18.2 Å². The summed E-state index contributed by atoms with van der Waals surface area (Å²) in [5.74, 6) is 1.80. The van der Waals surface area contributed by atoms with Gasteiger partial charge in [0.05, 0.1) is 11.9 Å². The number of thiazole rings is 1. The van der Waals surface area contributed by atoms with Crippen LogP contribution in [0.4, 0.5) is 11.8 Å². The van der Waals surface area contributed by atoms with Crippen molar-refractivity contribution in [2.45, 2.75) is 31.4 Å². The van der Waals surface area contributed by atoms with Crippen molar-refractivity contribution in [2.24, 2.45) is 5.92 Å². The molecule has 2 fully saturated rings. The van der Waals surface area contributed by atoms with Crippen molar-refractivity contribution >= 4 is 29.0 Å². The molecule has 2 aliphatic rings. The number of anilines is 2. The van der Waals surface area contributed by atoms with Crippen molar-refractivity contribution in [3.05, 3.63) is 59.7 Å². The molecular formula is C25H25N7O2S. The molecule has 9 nitrogen and oxygen atoms in total. The van der Waals surface area contributed by atoms with Crippen molar-refractivity contribution in [3.63, 3.8) is 0 Å². The Hall–Kier alpha value is -3.63. The van der Waals surface area contributed by atoms with E-state index in [9.17, 15) is 9.90 Å². The molecule has 1 unspecified atom stereocenters. The number of amides is 1. The van der Waals surface area contributed by atoms with E-state index < -0.39 is 5.60 Å². The minimum Gasteiger partial charge on any atom is -0.375 e. The topological polar surface area (TPSA) is 109 Å². The average Bonchev–Trinajstić information content (AvgIpc) is 3.25. The number of nitrogens with one attached hydrogen (secondary N) is 1. The lowest BCUT2D eigenvalue weighted by Crippen LogP contribution is -2.36. The molecule has 0 radical (unpaired) electrons. The molecule has 4 aromatic rings. The molecule has 2 N–H and O–H groups in total. The SMILES string of the molecule is CN1CCC(O)(c2cccc(-c3nc(-c4ccnc(Nc5ccnn5CC5CC5)n4)cs3)c2)C1=O. The number of aromatic nitrogens is 5. The van der Waals surface area contributed by atoms with Crippen LogP contribution in [0.1, 0.15) is 24.8 Å². The van der Waals surface area contributed by atoms with Crippen LogP contribution in [0.5, 0.6) is 0 Å². The fourth-order valence-electron chi connectivity index (χ4n) is 4.36. The smallest absolute Gasteiger partial charge is 0.258 e. The number of carbonyl (C=O) groups excluding carboxylic acids is 1. The van der Waals surface area contributed by atoms with Crippen molar-refractivity contribution in [3.8, 4) is 22.0 Å². The molecule has 35 heavy (non-hydrogen) atoms. The molecule has 1 saturated heterocycles. The van der Waals surface area contributed by atoms with E-state index in [1.165, 1.54) is 24.2 Å². The molecule has 0 spiro atoms. The third-order valence-corrected chi connectivity index (χ3v) is 7.49. The summed E-state index contributed by atoms with van der Waals surface area (Å²) in [5.41, 5.74) is 1.41. The standard InChI is InChI=1S/C25H25N7O2S/c1-31-12-9-25(34,23(31)33)18-4-2-3-17(13-18)22-28-20(15-35-22)19-7-10-26-24(29-19)30-21-8-11-27-32(21)14-16-5-6-16/h2-4,7-8,10-11,13,15-16,34H,5-6,9,12,14H2,1H3,(H,26,29,30). The van der Waals surface area contributed by atoms with Crippen LogP contribution in [0.2, 0.25) is 0 Å². The maximum Gasteiger partial charge on any atom is 0.258 e. The van der Waals surface area contributed by atoms with Gasteiger partial charge in [0.15, 0.2) is 5.60 Å². The summed E-state index contributed by atoms with van der Waals surface area (Å²) in [4.78, 5) is 27.9. The minimum atomic E-state index is -1.48. The highest BCUT2D eigenvalue weighted by atomic mass is 32.1. The third-order valence-electron chi connectivity index (χ3n) is 6.60. The van der Waals surface area contributed by atoms with Gasteiger partial charge in [-0.25, -0.2) is 19.6 Å². The highest BCUT2D eigenvalue weighted by Gasteiger charge is 2.45. The Labute approximate surface area is 206 Å². The number of likely N-dealkylation sites (N-methyl/N-ethyl adjacent to an activating group) is 1. The molecular weight excluding hydrogens is 462 g/mol. The number of hydrogen-bond donors (Lipinski definition) is 2. The molecule has 10 heteroatoms. The van der Waals surface area contributed by atoms with Crippen LogP contribution in [-0.2, 0) is 16.9 Å². The zero-order chi connectivity index (χ0) is 24.0. The highest BCUT2D eigenvalue weighted by molar-refractivity contribution is 7.13. The zero-order valence-electron chi connectivity index (χ0n) is 19.3.